The topological polar surface area (TPSA) is 114 Å². The number of nitrogens with two attached hydrogens (primary N) is 1. The van der Waals surface area contributed by atoms with Crippen molar-refractivity contribution in [2.24, 2.45) is 0 Å². The summed E-state index contributed by atoms with van der Waals surface area (Å²) in [5.41, 5.74) is 6.17. The first-order chi connectivity index (χ1) is 9.94. The van der Waals surface area contributed by atoms with Gasteiger partial charge in [-0.1, -0.05) is 6.07 Å². The Labute approximate surface area is 122 Å². The number of benzene rings is 1. The minimum absolute atomic E-state index is 0.0903. The van der Waals surface area contributed by atoms with E-state index < -0.39 is 10.0 Å². The van der Waals surface area contributed by atoms with Crippen molar-refractivity contribution in [2.45, 2.75) is 4.90 Å². The molecule has 0 aliphatic heterocycles. The number of aromatic nitrogens is 1. The van der Waals surface area contributed by atoms with Gasteiger partial charge in [0.25, 0.3) is 15.9 Å². The molecule has 2 aromatic rings. The molecule has 0 saturated carbocycles. The van der Waals surface area contributed by atoms with Crippen molar-refractivity contribution in [3.8, 4) is 0 Å². The van der Waals surface area contributed by atoms with Gasteiger partial charge < -0.3 is 11.1 Å². The monoisotopic (exact) mass is 306 g/mol. The number of amides is 1. The Bertz CT molecular complexity index is 774. The highest BCUT2D eigenvalue weighted by Crippen LogP contribution is 2.20. The fraction of sp³-hybridized carbons (Fsp3) is 0.0769. The maximum absolute atomic E-state index is 12.2. The standard InChI is InChI=1S/C13H14N4O3S/c1-15-13(18)9-4-2-5-10(8-9)17-21(19,20)11-6-3-7-16-12(11)14/h2-8,17H,1H3,(H2,14,16)(H,15,18). The van der Waals surface area contributed by atoms with Crippen LogP contribution in [0.15, 0.2) is 47.5 Å². The fourth-order valence-electron chi connectivity index (χ4n) is 1.71. The summed E-state index contributed by atoms with van der Waals surface area (Å²) >= 11 is 0. The number of rotatable bonds is 4. The van der Waals surface area contributed by atoms with Crippen LogP contribution in [0.1, 0.15) is 10.4 Å². The molecule has 110 valence electrons. The molecule has 0 bridgehead atoms. The van der Waals surface area contributed by atoms with Crippen LogP contribution in [0.25, 0.3) is 0 Å². The van der Waals surface area contributed by atoms with Crippen molar-refractivity contribution in [3.05, 3.63) is 48.2 Å². The summed E-state index contributed by atoms with van der Waals surface area (Å²) in [6, 6.07) is 8.96. The number of hydrogen-bond acceptors (Lipinski definition) is 5. The normalized spacial score (nSPS) is 10.9. The van der Waals surface area contributed by atoms with Gasteiger partial charge in [0.05, 0.1) is 0 Å². The second-order valence-electron chi connectivity index (χ2n) is 4.15. The summed E-state index contributed by atoms with van der Waals surface area (Å²) in [5, 5.41) is 2.47. The van der Waals surface area contributed by atoms with Crippen LogP contribution in [0.5, 0.6) is 0 Å². The van der Waals surface area contributed by atoms with E-state index in [1.807, 2.05) is 0 Å². The molecule has 1 aromatic carbocycles. The van der Waals surface area contributed by atoms with Gasteiger partial charge in [-0.3, -0.25) is 9.52 Å². The van der Waals surface area contributed by atoms with E-state index in [2.05, 4.69) is 15.0 Å². The molecule has 0 fully saturated rings. The van der Waals surface area contributed by atoms with E-state index in [0.29, 0.717) is 5.56 Å². The average Bonchev–Trinajstić information content (AvgIpc) is 2.46. The molecular weight excluding hydrogens is 292 g/mol. The third-order valence-corrected chi connectivity index (χ3v) is 4.12. The number of carbonyl (C=O) groups excluding carboxylic acids is 1. The molecule has 0 unspecified atom stereocenters. The molecule has 1 amide bonds. The Balaban J connectivity index is 2.34. The van der Waals surface area contributed by atoms with Crippen LogP contribution in [0.4, 0.5) is 11.5 Å². The zero-order chi connectivity index (χ0) is 15.5. The lowest BCUT2D eigenvalue weighted by Gasteiger charge is -2.10. The van der Waals surface area contributed by atoms with Gasteiger partial charge >= 0.3 is 0 Å². The number of pyridine rings is 1. The Hall–Kier alpha value is -2.61. The van der Waals surface area contributed by atoms with Gasteiger partial charge in [0.1, 0.15) is 10.7 Å². The number of sulfonamides is 1. The molecule has 7 nitrogen and oxygen atoms in total. The van der Waals surface area contributed by atoms with Crippen LogP contribution in [0, 0.1) is 0 Å². The lowest BCUT2D eigenvalue weighted by Crippen LogP contribution is -2.19. The first-order valence-electron chi connectivity index (χ1n) is 5.99. The van der Waals surface area contributed by atoms with E-state index in [4.69, 9.17) is 5.73 Å². The molecule has 1 aromatic heterocycles. The minimum atomic E-state index is -3.86. The Kier molecular flexibility index (Phi) is 4.08. The second kappa shape index (κ2) is 5.80. The summed E-state index contributed by atoms with van der Waals surface area (Å²) in [5.74, 6) is -0.399. The van der Waals surface area contributed by atoms with Gasteiger partial charge in [-0.05, 0) is 30.3 Å². The maximum Gasteiger partial charge on any atom is 0.265 e. The molecule has 0 saturated heterocycles. The van der Waals surface area contributed by atoms with Crippen molar-refractivity contribution >= 4 is 27.4 Å². The van der Waals surface area contributed by atoms with Crippen LogP contribution in [-0.2, 0) is 10.0 Å². The molecule has 2 rings (SSSR count). The number of nitrogen functional groups attached to an aromatic ring is 1. The summed E-state index contributed by atoms with van der Waals surface area (Å²) < 4.78 is 26.8. The van der Waals surface area contributed by atoms with Gasteiger partial charge in [0, 0.05) is 24.5 Å². The van der Waals surface area contributed by atoms with E-state index in [9.17, 15) is 13.2 Å². The molecule has 0 spiro atoms. The van der Waals surface area contributed by atoms with Crippen LogP contribution < -0.4 is 15.8 Å². The predicted octanol–water partition coefficient (Wildman–Crippen LogP) is 0.824. The van der Waals surface area contributed by atoms with Gasteiger partial charge in [0.2, 0.25) is 0 Å². The molecule has 21 heavy (non-hydrogen) atoms. The van der Waals surface area contributed by atoms with Gasteiger partial charge in [-0.2, -0.15) is 0 Å². The largest absolute Gasteiger partial charge is 0.383 e. The minimum Gasteiger partial charge on any atom is -0.383 e. The molecule has 0 atom stereocenters. The lowest BCUT2D eigenvalue weighted by atomic mass is 10.2. The van der Waals surface area contributed by atoms with E-state index in [1.54, 1.807) is 12.1 Å². The van der Waals surface area contributed by atoms with Crippen molar-refractivity contribution in [2.75, 3.05) is 17.5 Å². The van der Waals surface area contributed by atoms with E-state index in [-0.39, 0.29) is 22.3 Å². The third kappa shape index (κ3) is 3.29. The Morgan fingerprint density at radius 3 is 2.67 bits per heavy atom. The predicted molar refractivity (Wildman–Crippen MR) is 79.3 cm³/mol. The first-order valence-corrected chi connectivity index (χ1v) is 7.48. The molecule has 1 heterocycles. The van der Waals surface area contributed by atoms with Gasteiger partial charge in [-0.25, -0.2) is 13.4 Å². The third-order valence-electron chi connectivity index (χ3n) is 2.69. The number of carbonyl (C=O) groups is 1. The van der Waals surface area contributed by atoms with E-state index >= 15 is 0 Å². The van der Waals surface area contributed by atoms with Crippen molar-refractivity contribution in [1.29, 1.82) is 0 Å². The van der Waals surface area contributed by atoms with Gasteiger partial charge in [0.15, 0.2) is 0 Å². The highest BCUT2D eigenvalue weighted by molar-refractivity contribution is 7.92. The SMILES string of the molecule is CNC(=O)c1cccc(NS(=O)(=O)c2cccnc2N)c1. The fourth-order valence-corrected chi connectivity index (χ4v) is 2.84. The number of hydrogen-bond donors (Lipinski definition) is 3. The highest BCUT2D eigenvalue weighted by Gasteiger charge is 2.18. The van der Waals surface area contributed by atoms with Crippen molar-refractivity contribution < 1.29 is 13.2 Å². The summed E-state index contributed by atoms with van der Waals surface area (Å²) in [4.78, 5) is 15.2. The van der Waals surface area contributed by atoms with Crippen molar-refractivity contribution in [3.63, 3.8) is 0 Å². The van der Waals surface area contributed by atoms with E-state index in [1.165, 1.54) is 37.5 Å². The molecule has 4 N–H and O–H groups in total. The second-order valence-corrected chi connectivity index (χ2v) is 5.80. The Morgan fingerprint density at radius 1 is 1.24 bits per heavy atom. The summed E-state index contributed by atoms with van der Waals surface area (Å²) in [6.45, 7) is 0. The first kappa shape index (κ1) is 14.8. The van der Waals surface area contributed by atoms with Gasteiger partial charge in [-0.15, -0.1) is 0 Å². The van der Waals surface area contributed by atoms with Crippen molar-refractivity contribution in [1.82, 2.24) is 10.3 Å². The zero-order valence-electron chi connectivity index (χ0n) is 11.2. The molecule has 0 aliphatic rings. The summed E-state index contributed by atoms with van der Waals surface area (Å²) in [7, 11) is -2.37. The molecular formula is C13H14N4O3S. The quantitative estimate of drug-likeness (QED) is 0.774. The highest BCUT2D eigenvalue weighted by atomic mass is 32.2. The smallest absolute Gasteiger partial charge is 0.265 e. The van der Waals surface area contributed by atoms with E-state index in [0.717, 1.165) is 0 Å². The summed E-state index contributed by atoms with van der Waals surface area (Å²) in [6.07, 6.45) is 1.40. The zero-order valence-corrected chi connectivity index (χ0v) is 12.0. The van der Waals surface area contributed by atoms with Crippen LogP contribution in [-0.4, -0.2) is 26.4 Å². The molecule has 0 radical (unpaired) electrons. The van der Waals surface area contributed by atoms with Crippen LogP contribution in [0.2, 0.25) is 0 Å². The Morgan fingerprint density at radius 2 is 2.00 bits per heavy atom. The number of nitrogens with one attached hydrogen (secondary N) is 2. The average molecular weight is 306 g/mol. The maximum atomic E-state index is 12.2. The molecule has 0 aliphatic carbocycles. The van der Waals surface area contributed by atoms with Crippen LogP contribution >= 0.6 is 0 Å². The molecule has 8 heteroatoms. The number of nitrogens with zero attached hydrogens (tertiary/aromatic N) is 1. The van der Waals surface area contributed by atoms with Crippen LogP contribution in [0.3, 0.4) is 0 Å². The lowest BCUT2D eigenvalue weighted by molar-refractivity contribution is 0.0963. The number of anilines is 2.